The number of hydrogen-bond donors (Lipinski definition) is 4. The Bertz CT molecular complexity index is 392. The number of aliphatic hydroxyl groups is 2. The molecule has 2 aliphatic heterocycles. The largest absolute Gasteiger partial charge is 0.394 e. The molecule has 2 saturated heterocycles. The number of aliphatic hydroxyl groups excluding tert-OH is 2. The quantitative estimate of drug-likeness (QED) is 0.531. The molecule has 19 heavy (non-hydrogen) atoms. The molecule has 2 aliphatic rings. The number of amides is 1. The highest BCUT2D eigenvalue weighted by Gasteiger charge is 2.58. The van der Waals surface area contributed by atoms with E-state index in [0.717, 1.165) is 5.06 Å². The minimum absolute atomic E-state index is 0.166. The maximum atomic E-state index is 12.0. The van der Waals surface area contributed by atoms with Crippen LogP contribution in [-0.2, 0) is 4.79 Å². The standard InChI is InChI=1S/C12H22N2O4S/c1-11(2)8(5-12(3,6-15)14(11)18)13-9(16)4-7(19)10(13)17/h7-8,10,15,17-19H,4-6H2,1-3H3/t7-,8-,10?,12+/m0/s1. The molecule has 0 spiro atoms. The van der Waals surface area contributed by atoms with Crippen LogP contribution in [0.15, 0.2) is 0 Å². The molecule has 110 valence electrons. The zero-order valence-corrected chi connectivity index (χ0v) is 12.3. The molecule has 0 aromatic rings. The van der Waals surface area contributed by atoms with Crippen LogP contribution in [-0.4, -0.2) is 66.5 Å². The second-order valence-corrected chi connectivity index (χ2v) is 6.99. The number of thiol groups is 1. The fourth-order valence-electron chi connectivity index (χ4n) is 3.24. The number of nitrogens with zero attached hydrogens (tertiary/aromatic N) is 2. The monoisotopic (exact) mass is 290 g/mol. The predicted molar refractivity (Wildman–Crippen MR) is 71.8 cm³/mol. The maximum absolute atomic E-state index is 12.0. The van der Waals surface area contributed by atoms with E-state index in [0.29, 0.717) is 6.42 Å². The van der Waals surface area contributed by atoms with Crippen molar-refractivity contribution < 1.29 is 20.2 Å². The first-order chi connectivity index (χ1) is 8.65. The molecule has 1 amide bonds. The lowest BCUT2D eigenvalue weighted by Crippen LogP contribution is -2.56. The van der Waals surface area contributed by atoms with Gasteiger partial charge in [0.25, 0.3) is 0 Å². The van der Waals surface area contributed by atoms with Crippen molar-refractivity contribution >= 4 is 18.5 Å². The van der Waals surface area contributed by atoms with E-state index in [1.165, 1.54) is 4.90 Å². The number of likely N-dealkylation sites (tertiary alicyclic amines) is 1. The highest BCUT2D eigenvalue weighted by Crippen LogP contribution is 2.44. The number of rotatable bonds is 2. The third-order valence-electron chi connectivity index (χ3n) is 4.48. The molecule has 3 N–H and O–H groups in total. The van der Waals surface area contributed by atoms with Crippen molar-refractivity contribution in [2.75, 3.05) is 6.61 Å². The van der Waals surface area contributed by atoms with Crippen LogP contribution in [0.3, 0.4) is 0 Å². The van der Waals surface area contributed by atoms with Crippen LogP contribution in [0.5, 0.6) is 0 Å². The van der Waals surface area contributed by atoms with Crippen LogP contribution < -0.4 is 0 Å². The van der Waals surface area contributed by atoms with Crippen molar-refractivity contribution in [3.63, 3.8) is 0 Å². The molecule has 6 nitrogen and oxygen atoms in total. The summed E-state index contributed by atoms with van der Waals surface area (Å²) in [6, 6.07) is -0.366. The lowest BCUT2D eigenvalue weighted by Gasteiger charge is -2.40. The summed E-state index contributed by atoms with van der Waals surface area (Å²) in [7, 11) is 0. The van der Waals surface area contributed by atoms with Gasteiger partial charge in [-0.15, -0.1) is 0 Å². The molecule has 0 bridgehead atoms. The van der Waals surface area contributed by atoms with Crippen molar-refractivity contribution in [2.24, 2.45) is 0 Å². The first kappa shape index (κ1) is 15.1. The van der Waals surface area contributed by atoms with Crippen LogP contribution in [0, 0.1) is 0 Å². The molecule has 0 aromatic heterocycles. The lowest BCUT2D eigenvalue weighted by atomic mass is 9.92. The molecule has 0 saturated carbocycles. The summed E-state index contributed by atoms with van der Waals surface area (Å²) in [6.07, 6.45) is -0.358. The molecule has 0 radical (unpaired) electrons. The third-order valence-corrected chi connectivity index (χ3v) is 4.93. The predicted octanol–water partition coefficient (Wildman–Crippen LogP) is -0.171. The molecular formula is C12H22N2O4S. The fraction of sp³-hybridized carbons (Fsp3) is 0.917. The van der Waals surface area contributed by atoms with Crippen LogP contribution >= 0.6 is 12.6 Å². The summed E-state index contributed by atoms with van der Waals surface area (Å²) >= 11 is 4.21. The van der Waals surface area contributed by atoms with Crippen LogP contribution in [0.1, 0.15) is 33.6 Å². The summed E-state index contributed by atoms with van der Waals surface area (Å²) in [4.78, 5) is 13.4. The van der Waals surface area contributed by atoms with Crippen LogP contribution in [0.4, 0.5) is 0 Å². The van der Waals surface area contributed by atoms with Crippen molar-refractivity contribution in [2.45, 2.75) is 62.2 Å². The second-order valence-electron chi connectivity index (χ2n) is 6.33. The first-order valence-corrected chi connectivity index (χ1v) is 6.94. The highest BCUT2D eigenvalue weighted by molar-refractivity contribution is 7.81. The van der Waals surface area contributed by atoms with Gasteiger partial charge in [0.05, 0.1) is 29.0 Å². The minimum Gasteiger partial charge on any atom is -0.394 e. The zero-order chi connectivity index (χ0) is 14.6. The van der Waals surface area contributed by atoms with E-state index in [1.807, 2.05) is 0 Å². The van der Waals surface area contributed by atoms with Crippen molar-refractivity contribution in [3.05, 3.63) is 0 Å². The highest BCUT2D eigenvalue weighted by atomic mass is 32.1. The van der Waals surface area contributed by atoms with Gasteiger partial charge in [-0.05, 0) is 27.2 Å². The van der Waals surface area contributed by atoms with Crippen molar-refractivity contribution in [3.8, 4) is 0 Å². The van der Waals surface area contributed by atoms with E-state index in [1.54, 1.807) is 20.8 Å². The fourth-order valence-corrected chi connectivity index (χ4v) is 3.54. The summed E-state index contributed by atoms with van der Waals surface area (Å²) in [5, 5.41) is 30.6. The topological polar surface area (TPSA) is 84.2 Å². The molecule has 1 unspecified atom stereocenters. The van der Waals surface area contributed by atoms with Gasteiger partial charge in [-0.3, -0.25) is 4.79 Å². The number of hydroxylamine groups is 2. The maximum Gasteiger partial charge on any atom is 0.226 e. The average molecular weight is 290 g/mol. The summed E-state index contributed by atoms with van der Waals surface area (Å²) in [6.45, 7) is 5.11. The molecule has 4 atom stereocenters. The van der Waals surface area contributed by atoms with Gasteiger partial charge in [0.1, 0.15) is 6.23 Å². The normalized spacial score (nSPS) is 43.2. The van der Waals surface area contributed by atoms with Crippen LogP contribution in [0.2, 0.25) is 0 Å². The Hall–Kier alpha value is -0.340. The summed E-state index contributed by atoms with van der Waals surface area (Å²) in [5.74, 6) is -0.166. The van der Waals surface area contributed by atoms with E-state index in [-0.39, 0.29) is 25.0 Å². The summed E-state index contributed by atoms with van der Waals surface area (Å²) in [5.41, 5.74) is -1.56. The Morgan fingerprint density at radius 3 is 2.37 bits per heavy atom. The Kier molecular flexibility index (Phi) is 3.64. The van der Waals surface area contributed by atoms with Gasteiger partial charge in [-0.1, -0.05) is 0 Å². The van der Waals surface area contributed by atoms with Crippen molar-refractivity contribution in [1.29, 1.82) is 0 Å². The Morgan fingerprint density at radius 1 is 1.42 bits per heavy atom. The van der Waals surface area contributed by atoms with E-state index in [4.69, 9.17) is 0 Å². The van der Waals surface area contributed by atoms with E-state index < -0.39 is 22.6 Å². The number of hydrogen-bond acceptors (Lipinski definition) is 6. The molecule has 0 aliphatic carbocycles. The van der Waals surface area contributed by atoms with E-state index in [9.17, 15) is 20.2 Å². The van der Waals surface area contributed by atoms with Gasteiger partial charge in [0.15, 0.2) is 0 Å². The SMILES string of the molecule is CC1(C)[C@@H](N2C(=O)C[C@H](S)C2O)C[C@](C)(CO)N1O. The molecule has 2 heterocycles. The van der Waals surface area contributed by atoms with E-state index >= 15 is 0 Å². The van der Waals surface area contributed by atoms with Gasteiger partial charge >= 0.3 is 0 Å². The van der Waals surface area contributed by atoms with Gasteiger partial charge in [0, 0.05) is 6.42 Å². The third kappa shape index (κ3) is 2.08. The number of carbonyl (C=O) groups is 1. The molecule has 2 fully saturated rings. The average Bonchev–Trinajstić information content (AvgIpc) is 2.68. The smallest absolute Gasteiger partial charge is 0.226 e. The van der Waals surface area contributed by atoms with Gasteiger partial charge < -0.3 is 20.3 Å². The lowest BCUT2D eigenvalue weighted by molar-refractivity contribution is -0.212. The molecule has 2 rings (SSSR count). The molecule has 7 heteroatoms. The number of carbonyl (C=O) groups excluding carboxylic acids is 1. The molecular weight excluding hydrogens is 268 g/mol. The van der Waals surface area contributed by atoms with Gasteiger partial charge in [-0.25, -0.2) is 0 Å². The van der Waals surface area contributed by atoms with Crippen molar-refractivity contribution in [1.82, 2.24) is 9.96 Å². The van der Waals surface area contributed by atoms with Crippen LogP contribution in [0.25, 0.3) is 0 Å². The summed E-state index contributed by atoms with van der Waals surface area (Å²) < 4.78 is 0. The minimum atomic E-state index is -0.949. The van der Waals surface area contributed by atoms with Gasteiger partial charge in [-0.2, -0.15) is 17.7 Å². The Balaban J connectivity index is 2.33. The zero-order valence-electron chi connectivity index (χ0n) is 11.4. The Labute approximate surface area is 118 Å². The Morgan fingerprint density at radius 2 is 2.00 bits per heavy atom. The van der Waals surface area contributed by atoms with Gasteiger partial charge in [0.2, 0.25) is 5.91 Å². The second kappa shape index (κ2) is 4.60. The molecule has 0 aromatic carbocycles. The first-order valence-electron chi connectivity index (χ1n) is 6.42. The van der Waals surface area contributed by atoms with E-state index in [2.05, 4.69) is 12.6 Å².